The summed E-state index contributed by atoms with van der Waals surface area (Å²) in [7, 11) is 1.76. The number of nitrogens with two attached hydrogens (primary N) is 1. The van der Waals surface area contributed by atoms with Crippen LogP contribution >= 0.6 is 0 Å². The molecule has 1 heterocycles. The molecule has 0 aromatic carbocycles. The van der Waals surface area contributed by atoms with Gasteiger partial charge in [0, 0.05) is 7.05 Å². The molecule has 4 nitrogen and oxygen atoms in total. The summed E-state index contributed by atoms with van der Waals surface area (Å²) in [5.74, 6) is 0.656. The summed E-state index contributed by atoms with van der Waals surface area (Å²) in [6, 6.07) is 0. The fourth-order valence-corrected chi connectivity index (χ4v) is 0.664. The third kappa shape index (κ3) is 0.953. The normalized spacial score (nSPS) is 17.1. The van der Waals surface area contributed by atoms with Crippen LogP contribution in [-0.4, -0.2) is 13.4 Å². The van der Waals surface area contributed by atoms with Crippen molar-refractivity contribution in [2.24, 2.45) is 10.7 Å². The fraction of sp³-hybridized carbons (Fsp3) is 0.167. The quantitative estimate of drug-likeness (QED) is 0.457. The summed E-state index contributed by atoms with van der Waals surface area (Å²) >= 11 is 0. The average Bonchev–Trinajstić information content (AvgIpc) is 1.95. The number of rotatable bonds is 1. The average molecular weight is 138 g/mol. The molecule has 0 radical (unpaired) electrons. The van der Waals surface area contributed by atoms with Crippen LogP contribution in [0.4, 0.5) is 0 Å². The first kappa shape index (κ1) is 6.67. The maximum Gasteiger partial charge on any atom is 0.152 e. The van der Waals surface area contributed by atoms with Gasteiger partial charge in [-0.2, -0.15) is 0 Å². The molecule has 1 rings (SSSR count). The van der Waals surface area contributed by atoms with E-state index in [2.05, 4.69) is 22.2 Å². The topological polar surface area (TPSA) is 62.4 Å². The highest BCUT2D eigenvalue weighted by Crippen LogP contribution is 2.05. The van der Waals surface area contributed by atoms with Crippen molar-refractivity contribution in [3.63, 3.8) is 0 Å². The first-order chi connectivity index (χ1) is 4.75. The second-order valence-electron chi connectivity index (χ2n) is 1.89. The van der Waals surface area contributed by atoms with E-state index in [1.54, 1.807) is 13.4 Å². The van der Waals surface area contributed by atoms with Crippen molar-refractivity contribution < 1.29 is 0 Å². The van der Waals surface area contributed by atoms with Gasteiger partial charge in [-0.25, -0.2) is 4.99 Å². The standard InChI is InChI=1S/C6H10N4/c1-4-5(7)6(8-2)10-3-9-4/h3,8H,1,7H2,2H3,(H,9,10). The predicted molar refractivity (Wildman–Crippen MR) is 41.0 cm³/mol. The van der Waals surface area contributed by atoms with Crippen molar-refractivity contribution >= 4 is 6.34 Å². The molecule has 0 aromatic heterocycles. The largest absolute Gasteiger partial charge is 0.394 e. The number of nitrogens with zero attached hydrogens (tertiary/aromatic N) is 1. The van der Waals surface area contributed by atoms with Gasteiger partial charge in [-0.1, -0.05) is 6.58 Å². The summed E-state index contributed by atoms with van der Waals surface area (Å²) in [5, 5.41) is 5.63. The fourth-order valence-electron chi connectivity index (χ4n) is 0.664. The van der Waals surface area contributed by atoms with Crippen molar-refractivity contribution in [2.45, 2.75) is 0 Å². The molecule has 0 unspecified atom stereocenters. The molecule has 4 heteroatoms. The third-order valence-electron chi connectivity index (χ3n) is 1.25. The zero-order valence-electron chi connectivity index (χ0n) is 5.81. The van der Waals surface area contributed by atoms with E-state index in [4.69, 9.17) is 5.73 Å². The van der Waals surface area contributed by atoms with Crippen molar-refractivity contribution in [1.82, 2.24) is 10.6 Å². The molecule has 0 amide bonds. The maximum absolute atomic E-state index is 5.57. The van der Waals surface area contributed by atoms with Gasteiger partial charge in [0.15, 0.2) is 5.82 Å². The molecule has 0 bridgehead atoms. The van der Waals surface area contributed by atoms with Gasteiger partial charge in [0.05, 0.1) is 17.7 Å². The summed E-state index contributed by atoms with van der Waals surface area (Å²) in [4.78, 5) is 3.93. The van der Waals surface area contributed by atoms with Gasteiger partial charge in [0.2, 0.25) is 0 Å². The van der Waals surface area contributed by atoms with E-state index in [0.717, 1.165) is 0 Å². The van der Waals surface area contributed by atoms with Gasteiger partial charge in [-0.3, -0.25) is 0 Å². The van der Waals surface area contributed by atoms with Crippen LogP contribution in [0.15, 0.2) is 28.8 Å². The SMILES string of the molecule is C=C1NC=NC(NC)=C1N. The minimum absolute atomic E-state index is 0.560. The molecule has 0 saturated carbocycles. The number of hydrogen-bond donors (Lipinski definition) is 3. The number of aliphatic imine (C=N–C) groups is 1. The van der Waals surface area contributed by atoms with Gasteiger partial charge >= 0.3 is 0 Å². The van der Waals surface area contributed by atoms with Crippen LogP contribution in [0.3, 0.4) is 0 Å². The van der Waals surface area contributed by atoms with Gasteiger partial charge in [-0.15, -0.1) is 0 Å². The number of hydrogen-bond acceptors (Lipinski definition) is 4. The molecule has 1 aliphatic rings. The second kappa shape index (κ2) is 2.43. The molecule has 0 fully saturated rings. The lowest BCUT2D eigenvalue weighted by atomic mass is 10.3. The van der Waals surface area contributed by atoms with Gasteiger partial charge in [0.25, 0.3) is 0 Å². The highest BCUT2D eigenvalue weighted by molar-refractivity contribution is 5.64. The molecule has 1 aliphatic heterocycles. The highest BCUT2D eigenvalue weighted by Gasteiger charge is 2.06. The van der Waals surface area contributed by atoms with Crippen LogP contribution in [-0.2, 0) is 0 Å². The van der Waals surface area contributed by atoms with Crippen LogP contribution in [0.2, 0.25) is 0 Å². The van der Waals surface area contributed by atoms with Crippen LogP contribution in [0.5, 0.6) is 0 Å². The summed E-state index contributed by atoms with van der Waals surface area (Å²) < 4.78 is 0. The van der Waals surface area contributed by atoms with E-state index in [0.29, 0.717) is 17.2 Å². The number of nitrogens with one attached hydrogen (secondary N) is 2. The van der Waals surface area contributed by atoms with Crippen LogP contribution in [0.1, 0.15) is 0 Å². The van der Waals surface area contributed by atoms with E-state index in [-0.39, 0.29) is 0 Å². The summed E-state index contributed by atoms with van der Waals surface area (Å²) in [5.41, 5.74) is 6.81. The Bertz CT molecular complexity index is 214. The minimum atomic E-state index is 0.560. The zero-order valence-corrected chi connectivity index (χ0v) is 5.81. The minimum Gasteiger partial charge on any atom is -0.394 e. The van der Waals surface area contributed by atoms with Crippen molar-refractivity contribution in [3.05, 3.63) is 23.8 Å². The maximum atomic E-state index is 5.57. The molecule has 0 aliphatic carbocycles. The Kier molecular flexibility index (Phi) is 1.62. The lowest BCUT2D eigenvalue weighted by molar-refractivity contribution is 0.898. The van der Waals surface area contributed by atoms with E-state index in [1.807, 2.05) is 0 Å². The first-order valence-corrected chi connectivity index (χ1v) is 2.91. The van der Waals surface area contributed by atoms with E-state index in [1.165, 1.54) is 0 Å². The smallest absolute Gasteiger partial charge is 0.152 e. The Morgan fingerprint density at radius 3 is 3.00 bits per heavy atom. The lowest BCUT2D eigenvalue weighted by Crippen LogP contribution is -2.25. The molecule has 0 spiro atoms. The molecule has 10 heavy (non-hydrogen) atoms. The Hall–Kier alpha value is -1.45. The molecule has 0 aromatic rings. The molecule has 54 valence electrons. The van der Waals surface area contributed by atoms with E-state index >= 15 is 0 Å². The van der Waals surface area contributed by atoms with Crippen LogP contribution in [0.25, 0.3) is 0 Å². The first-order valence-electron chi connectivity index (χ1n) is 2.91. The molecular weight excluding hydrogens is 128 g/mol. The molecule has 0 saturated heterocycles. The van der Waals surface area contributed by atoms with E-state index in [9.17, 15) is 0 Å². The molecule has 0 atom stereocenters. The Morgan fingerprint density at radius 2 is 2.50 bits per heavy atom. The monoisotopic (exact) mass is 138 g/mol. The zero-order chi connectivity index (χ0) is 7.56. The Balaban J connectivity index is 2.93. The summed E-state index contributed by atoms with van der Waals surface area (Å²) in [6.45, 7) is 3.67. The van der Waals surface area contributed by atoms with Crippen molar-refractivity contribution in [1.29, 1.82) is 0 Å². The lowest BCUT2D eigenvalue weighted by Gasteiger charge is -2.13. The van der Waals surface area contributed by atoms with Crippen LogP contribution < -0.4 is 16.4 Å². The Morgan fingerprint density at radius 1 is 1.80 bits per heavy atom. The predicted octanol–water partition coefficient (Wildman–Crippen LogP) is -0.521. The van der Waals surface area contributed by atoms with Crippen molar-refractivity contribution in [2.75, 3.05) is 7.05 Å². The van der Waals surface area contributed by atoms with Crippen molar-refractivity contribution in [3.8, 4) is 0 Å². The third-order valence-corrected chi connectivity index (χ3v) is 1.25. The van der Waals surface area contributed by atoms with Gasteiger partial charge in [0.1, 0.15) is 0 Å². The Labute approximate surface area is 59.5 Å². The molecule has 4 N–H and O–H groups in total. The van der Waals surface area contributed by atoms with Gasteiger partial charge < -0.3 is 16.4 Å². The van der Waals surface area contributed by atoms with Gasteiger partial charge in [-0.05, 0) is 0 Å². The van der Waals surface area contributed by atoms with Crippen LogP contribution in [0, 0.1) is 0 Å². The summed E-state index contributed by atoms with van der Waals surface area (Å²) in [6.07, 6.45) is 1.55. The van der Waals surface area contributed by atoms with E-state index < -0.39 is 0 Å². The highest BCUT2D eigenvalue weighted by atomic mass is 15.1. The second-order valence-corrected chi connectivity index (χ2v) is 1.89. The molecular formula is C6H10N4.